The predicted octanol–water partition coefficient (Wildman–Crippen LogP) is -0.513. The van der Waals surface area contributed by atoms with Crippen LogP contribution in [0.2, 0.25) is 0 Å². The van der Waals surface area contributed by atoms with Crippen molar-refractivity contribution in [1.29, 1.82) is 0 Å². The molecule has 0 saturated carbocycles. The highest BCUT2D eigenvalue weighted by Gasteiger charge is 2.25. The van der Waals surface area contributed by atoms with Gasteiger partial charge in [-0.05, 0) is 40.5 Å². The summed E-state index contributed by atoms with van der Waals surface area (Å²) in [4.78, 5) is 0.944. The number of primary sulfonamides is 1. The molecule has 0 spiro atoms. The minimum absolute atomic E-state index is 0.0170. The third-order valence-corrected chi connectivity index (χ3v) is 5.40. The SMILES string of the molecule is COc1ccc(Cn2nnc(-c3c(Br)cc(B(O)O)cc3S(N)(=O)=O)n2)cc1. The van der Waals surface area contributed by atoms with Crippen molar-refractivity contribution in [3.63, 3.8) is 0 Å². The number of benzene rings is 2. The lowest BCUT2D eigenvalue weighted by molar-refractivity contribution is 0.414. The van der Waals surface area contributed by atoms with E-state index in [0.29, 0.717) is 12.3 Å². The van der Waals surface area contributed by atoms with Gasteiger partial charge in [-0.2, -0.15) is 4.80 Å². The molecule has 4 N–H and O–H groups in total. The number of hydrogen-bond donors (Lipinski definition) is 3. The van der Waals surface area contributed by atoms with E-state index in [1.165, 1.54) is 10.9 Å². The minimum atomic E-state index is -4.20. The van der Waals surface area contributed by atoms with Gasteiger partial charge in [-0.15, -0.1) is 10.2 Å². The van der Waals surface area contributed by atoms with Crippen LogP contribution in [0.1, 0.15) is 5.56 Å². The minimum Gasteiger partial charge on any atom is -0.497 e. The number of ether oxygens (including phenoxy) is 1. The normalized spacial score (nSPS) is 11.5. The molecule has 10 nitrogen and oxygen atoms in total. The molecule has 0 saturated heterocycles. The molecule has 0 aliphatic rings. The van der Waals surface area contributed by atoms with E-state index < -0.39 is 17.1 Å². The fourth-order valence-corrected chi connectivity index (χ4v) is 4.07. The van der Waals surface area contributed by atoms with Crippen LogP contribution >= 0.6 is 15.9 Å². The van der Waals surface area contributed by atoms with Gasteiger partial charge in [-0.1, -0.05) is 28.1 Å². The standard InChI is InChI=1S/C15H15BBrN5O5S/c1-27-11-4-2-9(3-5-11)8-22-20-15(19-21-22)14-12(17)6-10(16(23)24)7-13(14)28(18,25)26/h2-7,23-24H,8H2,1H3,(H2,18,25,26). The average molecular weight is 468 g/mol. The first-order valence-electron chi connectivity index (χ1n) is 7.82. The quantitative estimate of drug-likeness (QED) is 0.409. The van der Waals surface area contributed by atoms with Crippen molar-refractivity contribution >= 4 is 38.5 Å². The second-order valence-corrected chi connectivity index (χ2v) is 8.17. The van der Waals surface area contributed by atoms with Crippen LogP contribution in [0.5, 0.6) is 5.75 Å². The largest absolute Gasteiger partial charge is 0.497 e. The molecule has 13 heteroatoms. The van der Waals surface area contributed by atoms with Crippen LogP contribution in [0.4, 0.5) is 0 Å². The van der Waals surface area contributed by atoms with E-state index in [2.05, 4.69) is 31.3 Å². The molecule has 2 aromatic carbocycles. The molecule has 0 unspecified atom stereocenters. The van der Waals surface area contributed by atoms with Gasteiger partial charge in [0.25, 0.3) is 0 Å². The number of halogens is 1. The maximum atomic E-state index is 12.0. The zero-order chi connectivity index (χ0) is 20.5. The van der Waals surface area contributed by atoms with Gasteiger partial charge < -0.3 is 14.8 Å². The smallest absolute Gasteiger partial charge is 0.488 e. The number of hydrogen-bond acceptors (Lipinski definition) is 8. The van der Waals surface area contributed by atoms with Gasteiger partial charge in [-0.3, -0.25) is 0 Å². The lowest BCUT2D eigenvalue weighted by atomic mass is 9.80. The van der Waals surface area contributed by atoms with E-state index in [-0.39, 0.29) is 26.2 Å². The highest BCUT2D eigenvalue weighted by Crippen LogP contribution is 2.30. The summed E-state index contributed by atoms with van der Waals surface area (Å²) < 4.78 is 29.4. The molecule has 0 radical (unpaired) electrons. The molecule has 0 aliphatic carbocycles. The van der Waals surface area contributed by atoms with Crippen molar-refractivity contribution in [3.8, 4) is 17.1 Å². The summed E-state index contributed by atoms with van der Waals surface area (Å²) in [5.74, 6) is 0.729. The number of sulfonamides is 1. The third-order valence-electron chi connectivity index (χ3n) is 3.84. The van der Waals surface area contributed by atoms with E-state index >= 15 is 0 Å². The van der Waals surface area contributed by atoms with Crippen LogP contribution < -0.4 is 15.3 Å². The van der Waals surface area contributed by atoms with Crippen LogP contribution in [-0.2, 0) is 16.6 Å². The monoisotopic (exact) mass is 467 g/mol. The van der Waals surface area contributed by atoms with Crippen molar-refractivity contribution in [1.82, 2.24) is 20.2 Å². The molecule has 0 fully saturated rings. The fraction of sp³-hybridized carbons (Fsp3) is 0.133. The Kier molecular flexibility index (Phi) is 5.81. The van der Waals surface area contributed by atoms with Gasteiger partial charge >= 0.3 is 7.12 Å². The van der Waals surface area contributed by atoms with Crippen LogP contribution in [-0.4, -0.2) is 52.9 Å². The van der Waals surface area contributed by atoms with E-state index in [9.17, 15) is 18.5 Å². The topological polar surface area (TPSA) is 153 Å². The Hall–Kier alpha value is -2.32. The summed E-state index contributed by atoms with van der Waals surface area (Å²) in [6.45, 7) is 0.298. The Balaban J connectivity index is 2.00. The van der Waals surface area contributed by atoms with E-state index in [4.69, 9.17) is 9.88 Å². The predicted molar refractivity (Wildman–Crippen MR) is 104 cm³/mol. The summed E-state index contributed by atoms with van der Waals surface area (Å²) in [6.07, 6.45) is 0. The maximum Gasteiger partial charge on any atom is 0.488 e. The molecule has 1 aromatic heterocycles. The second kappa shape index (κ2) is 7.97. The van der Waals surface area contributed by atoms with Gasteiger partial charge in [0.05, 0.1) is 24.1 Å². The molecule has 3 rings (SSSR count). The van der Waals surface area contributed by atoms with E-state index in [1.807, 2.05) is 12.1 Å². The van der Waals surface area contributed by atoms with E-state index in [0.717, 1.165) is 11.6 Å². The number of methoxy groups -OCH3 is 1. The molecule has 146 valence electrons. The zero-order valence-electron chi connectivity index (χ0n) is 14.5. The summed E-state index contributed by atoms with van der Waals surface area (Å²) in [5.41, 5.74) is 0.910. The molecule has 1 heterocycles. The van der Waals surface area contributed by atoms with Crippen LogP contribution in [0.15, 0.2) is 45.8 Å². The highest BCUT2D eigenvalue weighted by atomic mass is 79.9. The third kappa shape index (κ3) is 4.39. The van der Waals surface area contributed by atoms with Gasteiger partial charge in [0.15, 0.2) is 0 Å². The van der Waals surface area contributed by atoms with Gasteiger partial charge in [0, 0.05) is 4.47 Å². The lowest BCUT2D eigenvalue weighted by Gasteiger charge is -2.10. The number of aromatic nitrogens is 4. The van der Waals surface area contributed by atoms with Crippen LogP contribution in [0.25, 0.3) is 11.4 Å². The van der Waals surface area contributed by atoms with Gasteiger partial charge in [0.2, 0.25) is 15.8 Å². The van der Waals surface area contributed by atoms with Crippen LogP contribution in [0, 0.1) is 0 Å². The first-order chi connectivity index (χ1) is 13.2. The average Bonchev–Trinajstić information content (AvgIpc) is 3.08. The van der Waals surface area contributed by atoms with Crippen molar-refractivity contribution in [2.75, 3.05) is 7.11 Å². The highest BCUT2D eigenvalue weighted by molar-refractivity contribution is 9.10. The Labute approximate surface area is 169 Å². The van der Waals surface area contributed by atoms with Crippen molar-refractivity contribution < 1.29 is 23.2 Å². The second-order valence-electron chi connectivity index (χ2n) is 5.79. The van der Waals surface area contributed by atoms with E-state index in [1.54, 1.807) is 19.2 Å². The Bertz CT molecular complexity index is 1100. The van der Waals surface area contributed by atoms with Gasteiger partial charge in [0.1, 0.15) is 5.75 Å². The summed E-state index contributed by atoms with van der Waals surface area (Å²) in [6, 6.07) is 9.67. The first kappa shape index (κ1) is 20.4. The molecule has 0 atom stereocenters. The first-order valence-corrected chi connectivity index (χ1v) is 10.2. The lowest BCUT2D eigenvalue weighted by Crippen LogP contribution is -2.31. The number of tetrazole rings is 1. The molecular weight excluding hydrogens is 453 g/mol. The van der Waals surface area contributed by atoms with Crippen molar-refractivity contribution in [3.05, 3.63) is 46.4 Å². The number of nitrogens with two attached hydrogens (primary N) is 1. The Morgan fingerprint density at radius 2 is 1.93 bits per heavy atom. The molecular formula is C15H15BBrN5O5S. The fourth-order valence-electron chi connectivity index (χ4n) is 2.50. The summed E-state index contributed by atoms with van der Waals surface area (Å²) in [7, 11) is -4.50. The number of nitrogens with zero attached hydrogens (tertiary/aromatic N) is 4. The number of rotatable bonds is 6. The van der Waals surface area contributed by atoms with Crippen LogP contribution in [0.3, 0.4) is 0 Å². The Morgan fingerprint density at radius 1 is 1.25 bits per heavy atom. The Morgan fingerprint density at radius 3 is 2.50 bits per heavy atom. The van der Waals surface area contributed by atoms with Gasteiger partial charge in [-0.25, -0.2) is 13.6 Å². The molecule has 0 bridgehead atoms. The van der Waals surface area contributed by atoms with Crippen molar-refractivity contribution in [2.24, 2.45) is 5.14 Å². The molecule has 0 amide bonds. The molecule has 0 aliphatic heterocycles. The summed E-state index contributed by atoms with van der Waals surface area (Å²) in [5, 5.41) is 36.0. The van der Waals surface area contributed by atoms with Crippen molar-refractivity contribution in [2.45, 2.75) is 11.4 Å². The molecule has 3 aromatic rings. The maximum absolute atomic E-state index is 12.0. The molecule has 28 heavy (non-hydrogen) atoms. The zero-order valence-corrected chi connectivity index (χ0v) is 16.9. The summed E-state index contributed by atoms with van der Waals surface area (Å²) >= 11 is 3.21.